The van der Waals surface area contributed by atoms with Crippen LogP contribution in [0.15, 0.2) is 0 Å². The number of carbonyl (C=O) groups is 3. The Kier molecular flexibility index (Phi) is 26.9. The van der Waals surface area contributed by atoms with E-state index in [-0.39, 0.29) is 56.6 Å². The lowest BCUT2D eigenvalue weighted by molar-refractivity contribution is -0.234. The third-order valence-electron chi connectivity index (χ3n) is 8.42. The highest BCUT2D eigenvalue weighted by Gasteiger charge is 2.24. The number of carbonyl (C=O) groups excluding carboxylic acids is 3. The van der Waals surface area contributed by atoms with Crippen molar-refractivity contribution in [1.29, 1.82) is 0 Å². The third-order valence-corrected chi connectivity index (χ3v) is 10.7. The summed E-state index contributed by atoms with van der Waals surface area (Å²) in [6.07, 6.45) is 13.9. The van der Waals surface area contributed by atoms with E-state index < -0.39 is 21.2 Å². The predicted molar refractivity (Wildman–Crippen MR) is 213 cm³/mol. The summed E-state index contributed by atoms with van der Waals surface area (Å²) >= 11 is 0. The lowest BCUT2D eigenvalue weighted by Gasteiger charge is -2.31. The molecule has 0 bridgehead atoms. The van der Waals surface area contributed by atoms with E-state index in [1.165, 1.54) is 4.90 Å². The van der Waals surface area contributed by atoms with E-state index in [1.54, 1.807) is 20.8 Å². The number of hydrogen-bond donors (Lipinski definition) is 2. The molecule has 0 aromatic carbocycles. The van der Waals surface area contributed by atoms with Crippen molar-refractivity contribution in [3.63, 3.8) is 0 Å². The van der Waals surface area contributed by atoms with Gasteiger partial charge in [-0.2, -0.15) is 0 Å². The molecule has 0 aliphatic heterocycles. The van der Waals surface area contributed by atoms with Crippen LogP contribution >= 0.6 is 15.6 Å². The number of amides is 2. The van der Waals surface area contributed by atoms with Crippen LogP contribution in [0.4, 0.5) is 0 Å². The molecular weight excluding hydrogens is 734 g/mol. The third kappa shape index (κ3) is 35.3. The Hall–Kier alpha value is -1.17. The number of nitrogens with zero attached hydrogens (tertiary/aromatic N) is 1. The van der Waals surface area contributed by atoms with Gasteiger partial charge in [0.1, 0.15) is 5.78 Å². The largest absolute Gasteiger partial charge is 0.756 e. The first-order valence-corrected chi connectivity index (χ1v) is 23.2. The molecule has 0 saturated carbocycles. The molecule has 2 amide bonds. The highest BCUT2D eigenvalue weighted by molar-refractivity contribution is 7.47. The molecule has 2 atom stereocenters. The van der Waals surface area contributed by atoms with Gasteiger partial charge in [-0.3, -0.25) is 28.0 Å². The van der Waals surface area contributed by atoms with Crippen LogP contribution in [-0.2, 0) is 41.6 Å². The van der Waals surface area contributed by atoms with Crippen LogP contribution < -0.4 is 10.2 Å². The van der Waals surface area contributed by atoms with Gasteiger partial charge in [-0.15, -0.1) is 0 Å². The molecule has 2 N–H and O–H groups in total. The number of nitrogens with one attached hydrogen (secondary N) is 1. The monoisotopic (exact) mass is 812 g/mol. The SMILES string of the molecule is CC(C)(C)CCCCC(=O)CCCCCCCOP(=O)(O)OCCN(CCOP(=O)([O-])OC(C)(C)C)C(=O)CCCCCNC(=O)CCCCC(C)(C)C. The van der Waals surface area contributed by atoms with Crippen LogP contribution in [-0.4, -0.2) is 72.4 Å². The van der Waals surface area contributed by atoms with Gasteiger partial charge in [0.2, 0.25) is 11.8 Å². The second kappa shape index (κ2) is 27.5. The van der Waals surface area contributed by atoms with Crippen LogP contribution in [0.25, 0.3) is 0 Å². The van der Waals surface area contributed by atoms with Gasteiger partial charge in [0.05, 0.1) is 25.4 Å². The van der Waals surface area contributed by atoms with E-state index in [0.29, 0.717) is 62.7 Å². The summed E-state index contributed by atoms with van der Waals surface area (Å²) in [6, 6.07) is 0. The Bertz CT molecular complexity index is 1150. The minimum Gasteiger partial charge on any atom is -0.756 e. The lowest BCUT2D eigenvalue weighted by Crippen LogP contribution is -2.36. The first-order chi connectivity index (χ1) is 24.9. The number of Topliss-reactive ketones (excluding diaryl/α,β-unsaturated/α-hetero) is 1. The highest BCUT2D eigenvalue weighted by Crippen LogP contribution is 2.44. The van der Waals surface area contributed by atoms with Crippen molar-refractivity contribution in [2.24, 2.45) is 10.8 Å². The molecule has 13 nitrogen and oxygen atoms in total. The van der Waals surface area contributed by atoms with Crippen molar-refractivity contribution < 1.29 is 51.4 Å². The number of hydrogen-bond acceptors (Lipinski definition) is 10. The Morgan fingerprint density at radius 3 is 1.65 bits per heavy atom. The summed E-state index contributed by atoms with van der Waals surface area (Å²) in [5.74, 6) is 0.0476. The maximum atomic E-state index is 13.1. The van der Waals surface area contributed by atoms with E-state index in [1.807, 2.05) is 0 Å². The first kappa shape index (κ1) is 52.8. The molecule has 0 aliphatic rings. The summed E-state index contributed by atoms with van der Waals surface area (Å²) in [6.45, 7) is 17.6. The van der Waals surface area contributed by atoms with Crippen molar-refractivity contribution in [1.82, 2.24) is 10.2 Å². The summed E-state index contributed by atoms with van der Waals surface area (Å²) < 4.78 is 44.8. The van der Waals surface area contributed by atoms with Crippen molar-refractivity contribution in [2.45, 2.75) is 183 Å². The fourth-order valence-corrected chi connectivity index (χ4v) is 7.30. The molecule has 0 spiro atoms. The van der Waals surface area contributed by atoms with Gasteiger partial charge in [-0.25, -0.2) is 4.57 Å². The van der Waals surface area contributed by atoms with Gasteiger partial charge in [-0.05, 0) is 83.0 Å². The van der Waals surface area contributed by atoms with Crippen LogP contribution in [0.2, 0.25) is 0 Å². The first-order valence-electron chi connectivity index (χ1n) is 20.2. The van der Waals surface area contributed by atoms with Gasteiger partial charge >= 0.3 is 7.82 Å². The summed E-state index contributed by atoms with van der Waals surface area (Å²) in [7, 11) is -9.00. The van der Waals surface area contributed by atoms with Gasteiger partial charge in [0.15, 0.2) is 0 Å². The Morgan fingerprint density at radius 1 is 0.611 bits per heavy atom. The summed E-state index contributed by atoms with van der Waals surface area (Å²) in [5.41, 5.74) is -0.429. The molecule has 320 valence electrons. The van der Waals surface area contributed by atoms with Gasteiger partial charge in [-0.1, -0.05) is 80.1 Å². The average molecular weight is 812 g/mol. The highest BCUT2D eigenvalue weighted by atomic mass is 31.2. The molecule has 0 rings (SSSR count). The van der Waals surface area contributed by atoms with E-state index >= 15 is 0 Å². The van der Waals surface area contributed by atoms with Crippen molar-refractivity contribution in [3.05, 3.63) is 0 Å². The van der Waals surface area contributed by atoms with Crippen LogP contribution in [0, 0.1) is 10.8 Å². The fourth-order valence-electron chi connectivity index (χ4n) is 5.52. The van der Waals surface area contributed by atoms with Crippen molar-refractivity contribution in [3.8, 4) is 0 Å². The van der Waals surface area contributed by atoms with Gasteiger partial charge < -0.3 is 29.1 Å². The Labute approximate surface area is 328 Å². The van der Waals surface area contributed by atoms with Gasteiger partial charge in [0.25, 0.3) is 7.82 Å². The minimum absolute atomic E-state index is 0.0275. The van der Waals surface area contributed by atoms with E-state index in [4.69, 9.17) is 18.1 Å². The second-order valence-electron chi connectivity index (χ2n) is 17.8. The zero-order valence-corrected chi connectivity index (χ0v) is 37.1. The number of phosphoric ester groups is 2. The van der Waals surface area contributed by atoms with Crippen LogP contribution in [0.3, 0.4) is 0 Å². The molecule has 0 radical (unpaired) electrons. The van der Waals surface area contributed by atoms with Gasteiger partial charge in [0, 0.05) is 45.3 Å². The second-order valence-corrected chi connectivity index (χ2v) is 20.5. The van der Waals surface area contributed by atoms with E-state index in [0.717, 1.165) is 64.2 Å². The number of phosphoric acid groups is 2. The number of rotatable bonds is 32. The van der Waals surface area contributed by atoms with Crippen LogP contribution in [0.1, 0.15) is 178 Å². The zero-order chi connectivity index (χ0) is 41.3. The molecule has 0 aromatic heterocycles. The van der Waals surface area contributed by atoms with Crippen molar-refractivity contribution in [2.75, 3.05) is 39.5 Å². The molecule has 0 fully saturated rings. The van der Waals surface area contributed by atoms with E-state index in [2.05, 4.69) is 46.9 Å². The lowest BCUT2D eigenvalue weighted by atomic mass is 9.89. The molecular formula is C39H77N2O11P2-. The summed E-state index contributed by atoms with van der Waals surface area (Å²) in [5, 5.41) is 2.93. The zero-order valence-electron chi connectivity index (χ0n) is 35.3. The Balaban J connectivity index is 4.56. The molecule has 15 heteroatoms. The quantitative estimate of drug-likeness (QED) is 0.0489. The molecule has 54 heavy (non-hydrogen) atoms. The molecule has 0 heterocycles. The standard InChI is InChI=1S/C39H78N2O11P2/c1-37(2,3)26-18-16-23-34(42)22-14-11-10-12-21-31-49-53(45,46)50-32-29-41(30-33-51-54(47,48)52-39(7,8)9)36(44)25-15-13-20-28-40-35(43)24-17-19-27-38(4,5)6/h10-33H2,1-9H3,(H,40,43)(H,45,46)(H,47,48)/p-1. The topological polar surface area (TPSA) is 181 Å². The number of unbranched alkanes of at least 4 members (excludes halogenated alkanes) is 8. The normalized spacial score (nSPS) is 14.7. The number of ketones is 1. The fraction of sp³-hybridized carbons (Fsp3) is 0.923. The molecule has 0 saturated heterocycles. The Morgan fingerprint density at radius 2 is 1.07 bits per heavy atom. The summed E-state index contributed by atoms with van der Waals surface area (Å²) in [4.78, 5) is 61.0. The van der Waals surface area contributed by atoms with Crippen LogP contribution in [0.5, 0.6) is 0 Å². The predicted octanol–water partition coefficient (Wildman–Crippen LogP) is 9.05. The maximum absolute atomic E-state index is 13.1. The smallest absolute Gasteiger partial charge is 0.472 e. The average Bonchev–Trinajstić information content (AvgIpc) is 3.01. The van der Waals surface area contributed by atoms with Crippen molar-refractivity contribution >= 4 is 33.2 Å². The minimum atomic E-state index is -4.63. The molecule has 0 aromatic rings. The molecule has 0 aliphatic carbocycles. The maximum Gasteiger partial charge on any atom is 0.472 e. The van der Waals surface area contributed by atoms with E-state index in [9.17, 15) is 33.3 Å². The molecule has 2 unspecified atom stereocenters.